The molecule has 20 heavy (non-hydrogen) atoms. The number of anilines is 1. The molecule has 0 unspecified atom stereocenters. The second-order valence-corrected chi connectivity index (χ2v) is 5.10. The number of halogens is 1. The Labute approximate surface area is 125 Å². The van der Waals surface area contributed by atoms with E-state index in [0.29, 0.717) is 6.61 Å². The number of ether oxygens (including phenoxy) is 1. The van der Waals surface area contributed by atoms with Crippen LogP contribution in [0.3, 0.4) is 0 Å². The molecule has 106 valence electrons. The van der Waals surface area contributed by atoms with Crippen molar-refractivity contribution in [1.82, 2.24) is 0 Å². The molecule has 2 aromatic rings. The first-order chi connectivity index (χ1) is 9.70. The lowest BCUT2D eigenvalue weighted by Gasteiger charge is -2.11. The average molecular weight is 290 g/mol. The van der Waals surface area contributed by atoms with E-state index in [1.807, 2.05) is 30.3 Å². The molecular formula is C17H20ClNO. The highest BCUT2D eigenvalue weighted by atomic mass is 35.5. The van der Waals surface area contributed by atoms with E-state index in [1.54, 1.807) is 0 Å². The molecule has 0 saturated carbocycles. The zero-order chi connectivity index (χ0) is 14.4. The van der Waals surface area contributed by atoms with Crippen LogP contribution < -0.4 is 10.1 Å². The van der Waals surface area contributed by atoms with E-state index in [2.05, 4.69) is 31.3 Å². The van der Waals surface area contributed by atoms with Crippen LogP contribution in [-0.4, -0.2) is 13.2 Å². The molecule has 2 aromatic carbocycles. The van der Waals surface area contributed by atoms with Crippen LogP contribution in [0.25, 0.3) is 0 Å². The van der Waals surface area contributed by atoms with Crippen molar-refractivity contribution in [3.05, 3.63) is 58.6 Å². The Morgan fingerprint density at radius 2 is 1.95 bits per heavy atom. The van der Waals surface area contributed by atoms with Gasteiger partial charge in [-0.15, -0.1) is 0 Å². The summed E-state index contributed by atoms with van der Waals surface area (Å²) in [5.41, 5.74) is 3.52. The first kappa shape index (κ1) is 14.7. The molecule has 2 rings (SSSR count). The summed E-state index contributed by atoms with van der Waals surface area (Å²) in [5, 5.41) is 4.18. The Bertz CT molecular complexity index is 569. The Kier molecular flexibility index (Phi) is 5.31. The van der Waals surface area contributed by atoms with Crippen molar-refractivity contribution < 1.29 is 4.74 Å². The van der Waals surface area contributed by atoms with Crippen molar-refractivity contribution in [3.8, 4) is 5.75 Å². The highest BCUT2D eigenvalue weighted by Gasteiger charge is 2.01. The summed E-state index contributed by atoms with van der Waals surface area (Å²) in [6.45, 7) is 5.58. The number of aryl methyl sites for hydroxylation is 2. The van der Waals surface area contributed by atoms with Gasteiger partial charge >= 0.3 is 0 Å². The van der Waals surface area contributed by atoms with Crippen molar-refractivity contribution >= 4 is 17.3 Å². The van der Waals surface area contributed by atoms with Gasteiger partial charge in [-0.1, -0.05) is 36.7 Å². The Balaban J connectivity index is 1.83. The molecule has 0 heterocycles. The number of rotatable bonds is 6. The molecule has 1 N–H and O–H groups in total. The van der Waals surface area contributed by atoms with Gasteiger partial charge in [0.05, 0.1) is 0 Å². The normalized spacial score (nSPS) is 10.3. The Morgan fingerprint density at radius 3 is 2.70 bits per heavy atom. The molecule has 0 aliphatic carbocycles. The van der Waals surface area contributed by atoms with Crippen LogP contribution in [0.1, 0.15) is 18.1 Å². The fourth-order valence-corrected chi connectivity index (χ4v) is 2.29. The fourth-order valence-electron chi connectivity index (χ4n) is 2.04. The molecule has 3 heteroatoms. The molecule has 0 radical (unpaired) electrons. The smallest absolute Gasteiger partial charge is 0.119 e. The average Bonchev–Trinajstić information content (AvgIpc) is 2.47. The van der Waals surface area contributed by atoms with Crippen LogP contribution in [0.5, 0.6) is 5.75 Å². The molecule has 0 aliphatic rings. The lowest BCUT2D eigenvalue weighted by molar-refractivity contribution is 0.332. The van der Waals surface area contributed by atoms with Crippen LogP contribution >= 0.6 is 11.6 Å². The maximum atomic E-state index is 6.09. The van der Waals surface area contributed by atoms with Crippen molar-refractivity contribution in [2.24, 2.45) is 0 Å². The first-order valence-electron chi connectivity index (χ1n) is 6.91. The van der Waals surface area contributed by atoms with Gasteiger partial charge in [-0.2, -0.15) is 0 Å². The number of hydrogen-bond acceptors (Lipinski definition) is 2. The van der Waals surface area contributed by atoms with E-state index >= 15 is 0 Å². The van der Waals surface area contributed by atoms with Crippen LogP contribution in [0.15, 0.2) is 42.5 Å². The largest absolute Gasteiger partial charge is 0.492 e. The second-order valence-electron chi connectivity index (χ2n) is 4.70. The van der Waals surface area contributed by atoms with Crippen LogP contribution in [0.2, 0.25) is 5.02 Å². The predicted octanol–water partition coefficient (Wildman–Crippen LogP) is 4.70. The molecule has 0 spiro atoms. The number of para-hydroxylation sites is 1. The quantitative estimate of drug-likeness (QED) is 0.778. The molecule has 0 fully saturated rings. The standard InChI is InChI=1S/C17H20ClNO/c1-3-14-12-15(8-9-16(14)18)20-11-10-19-17-7-5-4-6-13(17)2/h4-9,12,19H,3,10-11H2,1-2H3. The molecule has 0 aromatic heterocycles. The van der Waals surface area contributed by atoms with E-state index in [4.69, 9.17) is 16.3 Å². The third kappa shape index (κ3) is 3.91. The van der Waals surface area contributed by atoms with Gasteiger partial charge in [-0.3, -0.25) is 0 Å². The molecule has 0 aliphatic heterocycles. The van der Waals surface area contributed by atoms with Gasteiger partial charge in [0.1, 0.15) is 12.4 Å². The van der Waals surface area contributed by atoms with E-state index in [9.17, 15) is 0 Å². The van der Waals surface area contributed by atoms with E-state index in [0.717, 1.165) is 35.0 Å². The van der Waals surface area contributed by atoms with E-state index in [1.165, 1.54) is 5.56 Å². The third-order valence-corrected chi connectivity index (χ3v) is 3.60. The summed E-state index contributed by atoms with van der Waals surface area (Å²) in [7, 11) is 0. The maximum absolute atomic E-state index is 6.09. The Morgan fingerprint density at radius 1 is 1.15 bits per heavy atom. The zero-order valence-corrected chi connectivity index (χ0v) is 12.7. The molecule has 0 bridgehead atoms. The molecule has 0 saturated heterocycles. The van der Waals surface area contributed by atoms with Crippen LogP contribution in [0, 0.1) is 6.92 Å². The monoisotopic (exact) mass is 289 g/mol. The van der Waals surface area contributed by atoms with Crippen LogP contribution in [0.4, 0.5) is 5.69 Å². The molecule has 0 atom stereocenters. The topological polar surface area (TPSA) is 21.3 Å². The minimum Gasteiger partial charge on any atom is -0.492 e. The van der Waals surface area contributed by atoms with Crippen molar-refractivity contribution in [3.63, 3.8) is 0 Å². The second kappa shape index (κ2) is 7.20. The fraction of sp³-hybridized carbons (Fsp3) is 0.294. The maximum Gasteiger partial charge on any atom is 0.119 e. The van der Waals surface area contributed by atoms with Crippen molar-refractivity contribution in [2.45, 2.75) is 20.3 Å². The Hall–Kier alpha value is -1.67. The number of nitrogens with one attached hydrogen (secondary N) is 1. The molecule has 2 nitrogen and oxygen atoms in total. The summed E-state index contributed by atoms with van der Waals surface area (Å²) < 4.78 is 5.74. The SMILES string of the molecule is CCc1cc(OCCNc2ccccc2C)ccc1Cl. The van der Waals surface area contributed by atoms with Gasteiger partial charge in [-0.25, -0.2) is 0 Å². The van der Waals surface area contributed by atoms with Crippen LogP contribution in [-0.2, 0) is 6.42 Å². The van der Waals surface area contributed by atoms with Crippen molar-refractivity contribution in [2.75, 3.05) is 18.5 Å². The van der Waals surface area contributed by atoms with Gasteiger partial charge in [0, 0.05) is 17.3 Å². The van der Waals surface area contributed by atoms with Gasteiger partial charge in [0.2, 0.25) is 0 Å². The zero-order valence-electron chi connectivity index (χ0n) is 11.9. The van der Waals surface area contributed by atoms with Gasteiger partial charge in [0.15, 0.2) is 0 Å². The third-order valence-electron chi connectivity index (χ3n) is 3.23. The highest BCUT2D eigenvalue weighted by molar-refractivity contribution is 6.31. The number of benzene rings is 2. The summed E-state index contributed by atoms with van der Waals surface area (Å²) in [6.07, 6.45) is 0.914. The lowest BCUT2D eigenvalue weighted by Crippen LogP contribution is -2.12. The number of hydrogen-bond donors (Lipinski definition) is 1. The van der Waals surface area contributed by atoms with Gasteiger partial charge in [0.25, 0.3) is 0 Å². The van der Waals surface area contributed by atoms with Gasteiger partial charge < -0.3 is 10.1 Å². The summed E-state index contributed by atoms with van der Waals surface area (Å²) in [5.74, 6) is 0.873. The van der Waals surface area contributed by atoms with Gasteiger partial charge in [-0.05, 0) is 48.7 Å². The summed E-state index contributed by atoms with van der Waals surface area (Å²) >= 11 is 6.09. The molecular weight excluding hydrogens is 270 g/mol. The predicted molar refractivity (Wildman–Crippen MR) is 86.0 cm³/mol. The summed E-state index contributed by atoms with van der Waals surface area (Å²) in [6, 6.07) is 14.1. The van der Waals surface area contributed by atoms with E-state index < -0.39 is 0 Å². The molecule has 0 amide bonds. The first-order valence-corrected chi connectivity index (χ1v) is 7.29. The van der Waals surface area contributed by atoms with Crippen molar-refractivity contribution in [1.29, 1.82) is 0 Å². The minimum absolute atomic E-state index is 0.624. The lowest BCUT2D eigenvalue weighted by atomic mass is 10.1. The van der Waals surface area contributed by atoms with E-state index in [-0.39, 0.29) is 0 Å². The minimum atomic E-state index is 0.624. The highest BCUT2D eigenvalue weighted by Crippen LogP contribution is 2.22. The summed E-state index contributed by atoms with van der Waals surface area (Å²) in [4.78, 5) is 0.